The SMILES string of the molecule is CCNCC(Cc1cnc(C(F)(F)F)s1)c1ccccc1. The van der Waals surface area contributed by atoms with E-state index in [2.05, 4.69) is 10.3 Å². The monoisotopic (exact) mass is 314 g/mol. The Morgan fingerprint density at radius 3 is 2.52 bits per heavy atom. The molecule has 1 N–H and O–H groups in total. The first-order valence-electron chi connectivity index (χ1n) is 6.78. The third-order valence-corrected chi connectivity index (χ3v) is 4.22. The van der Waals surface area contributed by atoms with Crippen molar-refractivity contribution >= 4 is 11.3 Å². The number of hydrogen-bond donors (Lipinski definition) is 1. The number of halogens is 3. The van der Waals surface area contributed by atoms with Gasteiger partial charge in [0, 0.05) is 23.5 Å². The molecule has 6 heteroatoms. The standard InChI is InChI=1S/C15H17F3N2S/c1-2-19-9-12(11-6-4-3-5-7-11)8-13-10-20-14(21-13)15(16,17)18/h3-7,10,12,19H,2,8-9H2,1H3. The predicted octanol–water partition coefficient (Wildman–Crippen LogP) is 4.10. The average molecular weight is 314 g/mol. The highest BCUT2D eigenvalue weighted by atomic mass is 32.1. The van der Waals surface area contributed by atoms with E-state index in [1.165, 1.54) is 6.20 Å². The molecule has 0 saturated carbocycles. The van der Waals surface area contributed by atoms with Gasteiger partial charge in [0.2, 0.25) is 0 Å². The molecule has 2 nitrogen and oxygen atoms in total. The van der Waals surface area contributed by atoms with Crippen LogP contribution in [-0.2, 0) is 12.6 Å². The third kappa shape index (κ3) is 4.54. The minimum absolute atomic E-state index is 0.146. The van der Waals surface area contributed by atoms with E-state index in [0.717, 1.165) is 30.0 Å². The molecular formula is C15H17F3N2S. The molecule has 0 amide bonds. The largest absolute Gasteiger partial charge is 0.443 e. The molecule has 1 unspecified atom stereocenters. The summed E-state index contributed by atoms with van der Waals surface area (Å²) in [4.78, 5) is 4.15. The number of nitrogens with one attached hydrogen (secondary N) is 1. The van der Waals surface area contributed by atoms with Gasteiger partial charge >= 0.3 is 6.18 Å². The second-order valence-corrected chi connectivity index (χ2v) is 5.86. The van der Waals surface area contributed by atoms with Gasteiger partial charge in [-0.05, 0) is 18.5 Å². The lowest BCUT2D eigenvalue weighted by Gasteiger charge is -2.16. The Balaban J connectivity index is 2.13. The van der Waals surface area contributed by atoms with Crippen molar-refractivity contribution in [2.45, 2.75) is 25.4 Å². The van der Waals surface area contributed by atoms with Gasteiger partial charge in [-0.3, -0.25) is 0 Å². The van der Waals surface area contributed by atoms with Gasteiger partial charge in [0.05, 0.1) is 0 Å². The maximum Gasteiger partial charge on any atom is 0.443 e. The van der Waals surface area contributed by atoms with Crippen LogP contribution in [0, 0.1) is 0 Å². The second kappa shape index (κ2) is 7.04. The summed E-state index contributed by atoms with van der Waals surface area (Å²) in [5.41, 5.74) is 1.13. The van der Waals surface area contributed by atoms with Crippen LogP contribution in [0.25, 0.3) is 0 Å². The van der Waals surface area contributed by atoms with Crippen molar-refractivity contribution in [2.75, 3.05) is 13.1 Å². The average Bonchev–Trinajstić information content (AvgIpc) is 2.93. The van der Waals surface area contributed by atoms with Crippen molar-refractivity contribution in [3.05, 3.63) is 52.0 Å². The topological polar surface area (TPSA) is 24.9 Å². The number of benzene rings is 1. The Morgan fingerprint density at radius 2 is 1.95 bits per heavy atom. The first kappa shape index (κ1) is 16.0. The Labute approximate surface area is 126 Å². The zero-order valence-electron chi connectivity index (χ0n) is 11.7. The smallest absolute Gasteiger partial charge is 0.316 e. The molecule has 2 rings (SSSR count). The summed E-state index contributed by atoms with van der Waals surface area (Å²) in [6.45, 7) is 3.58. The maximum atomic E-state index is 12.6. The van der Waals surface area contributed by atoms with Crippen LogP contribution in [0.5, 0.6) is 0 Å². The molecule has 2 aromatic rings. The van der Waals surface area contributed by atoms with E-state index < -0.39 is 11.2 Å². The summed E-state index contributed by atoms with van der Waals surface area (Å²) >= 11 is 0.732. The lowest BCUT2D eigenvalue weighted by Crippen LogP contribution is -2.22. The number of thiazole rings is 1. The van der Waals surface area contributed by atoms with Crippen LogP contribution in [0.3, 0.4) is 0 Å². The van der Waals surface area contributed by atoms with Crippen LogP contribution >= 0.6 is 11.3 Å². The summed E-state index contributed by atoms with van der Waals surface area (Å²) in [7, 11) is 0. The molecule has 1 aromatic heterocycles. The summed E-state index contributed by atoms with van der Waals surface area (Å²) in [5.74, 6) is 0.146. The lowest BCUT2D eigenvalue weighted by atomic mass is 9.95. The summed E-state index contributed by atoms with van der Waals surface area (Å²) in [6.07, 6.45) is -2.45. The number of alkyl halides is 3. The van der Waals surface area contributed by atoms with Gasteiger partial charge in [0.25, 0.3) is 0 Å². The van der Waals surface area contributed by atoms with Crippen LogP contribution in [0.4, 0.5) is 13.2 Å². The lowest BCUT2D eigenvalue weighted by molar-refractivity contribution is -0.137. The number of nitrogens with zero attached hydrogens (tertiary/aromatic N) is 1. The van der Waals surface area contributed by atoms with Gasteiger partial charge in [0.1, 0.15) is 0 Å². The van der Waals surface area contributed by atoms with E-state index in [1.807, 2.05) is 37.3 Å². The number of likely N-dealkylation sites (N-methyl/N-ethyl adjacent to an activating group) is 1. The van der Waals surface area contributed by atoms with Crippen LogP contribution in [0.15, 0.2) is 36.5 Å². The van der Waals surface area contributed by atoms with Crippen LogP contribution in [0.1, 0.15) is 28.3 Å². The third-order valence-electron chi connectivity index (χ3n) is 3.16. The molecule has 0 aliphatic rings. The number of rotatable bonds is 6. The van der Waals surface area contributed by atoms with Crippen molar-refractivity contribution in [3.8, 4) is 0 Å². The fourth-order valence-electron chi connectivity index (χ4n) is 2.13. The maximum absolute atomic E-state index is 12.6. The Kier molecular flexibility index (Phi) is 5.36. The van der Waals surface area contributed by atoms with E-state index in [-0.39, 0.29) is 5.92 Å². The quantitative estimate of drug-likeness (QED) is 0.868. The second-order valence-electron chi connectivity index (χ2n) is 4.75. The van der Waals surface area contributed by atoms with Gasteiger partial charge < -0.3 is 5.32 Å². The first-order chi connectivity index (χ1) is 10.0. The van der Waals surface area contributed by atoms with Crippen molar-refractivity contribution in [1.29, 1.82) is 0 Å². The highest BCUT2D eigenvalue weighted by Gasteiger charge is 2.34. The van der Waals surface area contributed by atoms with Gasteiger partial charge in [0.15, 0.2) is 5.01 Å². The Bertz CT molecular complexity index is 552. The molecule has 0 bridgehead atoms. The van der Waals surface area contributed by atoms with Crippen LogP contribution < -0.4 is 5.32 Å². The molecule has 1 atom stereocenters. The fraction of sp³-hybridized carbons (Fsp3) is 0.400. The highest BCUT2D eigenvalue weighted by Crippen LogP contribution is 2.34. The molecule has 1 heterocycles. The molecule has 114 valence electrons. The van der Waals surface area contributed by atoms with E-state index in [1.54, 1.807) is 0 Å². The first-order valence-corrected chi connectivity index (χ1v) is 7.60. The minimum atomic E-state index is -4.35. The molecule has 1 aromatic carbocycles. The zero-order chi connectivity index (χ0) is 15.3. The molecular weight excluding hydrogens is 297 g/mol. The van der Waals surface area contributed by atoms with Gasteiger partial charge in [-0.1, -0.05) is 37.3 Å². The van der Waals surface area contributed by atoms with Crippen LogP contribution in [-0.4, -0.2) is 18.1 Å². The molecule has 0 radical (unpaired) electrons. The molecule has 0 fully saturated rings. The van der Waals surface area contributed by atoms with E-state index >= 15 is 0 Å². The van der Waals surface area contributed by atoms with Gasteiger partial charge in [-0.15, -0.1) is 11.3 Å². The Morgan fingerprint density at radius 1 is 1.24 bits per heavy atom. The normalized spacial score (nSPS) is 13.3. The van der Waals surface area contributed by atoms with Crippen molar-refractivity contribution in [3.63, 3.8) is 0 Å². The minimum Gasteiger partial charge on any atom is -0.316 e. The summed E-state index contributed by atoms with van der Waals surface area (Å²) < 4.78 is 37.8. The molecule has 0 aliphatic carbocycles. The number of hydrogen-bond acceptors (Lipinski definition) is 3. The Hall–Kier alpha value is -1.40. The fourth-order valence-corrected chi connectivity index (χ4v) is 2.99. The van der Waals surface area contributed by atoms with Crippen molar-refractivity contribution < 1.29 is 13.2 Å². The van der Waals surface area contributed by atoms with Crippen molar-refractivity contribution in [2.24, 2.45) is 0 Å². The van der Waals surface area contributed by atoms with Gasteiger partial charge in [-0.2, -0.15) is 13.2 Å². The highest BCUT2D eigenvalue weighted by molar-refractivity contribution is 7.11. The van der Waals surface area contributed by atoms with E-state index in [4.69, 9.17) is 0 Å². The predicted molar refractivity (Wildman–Crippen MR) is 78.5 cm³/mol. The summed E-state index contributed by atoms with van der Waals surface area (Å²) in [6, 6.07) is 9.84. The molecule has 0 saturated heterocycles. The summed E-state index contributed by atoms with van der Waals surface area (Å²) in [5, 5.41) is 2.50. The molecule has 21 heavy (non-hydrogen) atoms. The molecule has 0 aliphatic heterocycles. The molecule has 0 spiro atoms. The van der Waals surface area contributed by atoms with E-state index in [0.29, 0.717) is 11.3 Å². The van der Waals surface area contributed by atoms with Gasteiger partial charge in [-0.25, -0.2) is 4.98 Å². The number of aromatic nitrogens is 1. The van der Waals surface area contributed by atoms with Crippen LogP contribution in [0.2, 0.25) is 0 Å². The van der Waals surface area contributed by atoms with Crippen molar-refractivity contribution in [1.82, 2.24) is 10.3 Å². The zero-order valence-corrected chi connectivity index (χ0v) is 12.5. The van der Waals surface area contributed by atoms with E-state index in [9.17, 15) is 13.2 Å².